The number of methoxy groups -OCH3 is 4. The number of Topliss-reactive ketones (excluding diaryl/α,β-unsaturated/α-hetero) is 1. The van der Waals surface area contributed by atoms with Crippen LogP contribution in [-0.2, 0) is 23.7 Å². The number of carbonyl (C=O) groups is 1. The number of piperidine rings is 1. The number of rotatable bonds is 5. The van der Waals surface area contributed by atoms with Gasteiger partial charge in [0.2, 0.25) is 0 Å². The Morgan fingerprint density at radius 3 is 2.42 bits per heavy atom. The lowest BCUT2D eigenvalue weighted by molar-refractivity contribution is -0.277. The number of nitrogens with zero attached hydrogens (tertiary/aromatic N) is 1. The molecule has 3 N–H and O–H groups in total. The first-order chi connectivity index (χ1) is 15.7. The molecule has 186 valence electrons. The van der Waals surface area contributed by atoms with E-state index in [2.05, 4.69) is 11.9 Å². The van der Waals surface area contributed by atoms with Gasteiger partial charge in [-0.3, -0.25) is 4.79 Å². The molecule has 1 saturated heterocycles. The Morgan fingerprint density at radius 2 is 1.82 bits per heavy atom. The topological polar surface area (TPSA) is 118 Å². The van der Waals surface area contributed by atoms with Crippen LogP contribution in [0.4, 0.5) is 0 Å². The molecule has 9 nitrogen and oxygen atoms in total. The predicted molar refractivity (Wildman–Crippen MR) is 114 cm³/mol. The lowest BCUT2D eigenvalue weighted by atomic mass is 9.43. The smallest absolute Gasteiger partial charge is 0.168 e. The number of fused-ring (bicyclic) bond motifs is 2. The second kappa shape index (κ2) is 6.97. The maximum atomic E-state index is 13.9. The number of ether oxygens (including phenoxy) is 4. The highest BCUT2D eigenvalue weighted by molar-refractivity contribution is 5.90. The molecule has 14 atom stereocenters. The fourth-order valence-corrected chi connectivity index (χ4v) is 10.7. The average Bonchev–Trinajstić information content (AvgIpc) is 3.11. The standard InChI is InChI=1S/C24H37NO8/c1-25-8-22(9-30-2)11(26)6-12(31-3)24-10-7-23(29)20(28)13(10)14(16(27)21(23)33-5)15(19(24)25)17(32-4)18(22)24/h10-15,17-21,26,28-29H,6-9H2,1-5H3/t10-,11-,12+,13+,14?,15+,17+,18-,19?,20-,21+,22+,23-,24+/m1/s1. The highest BCUT2D eigenvalue weighted by Gasteiger charge is 2.87. The van der Waals surface area contributed by atoms with Gasteiger partial charge in [-0.05, 0) is 19.4 Å². The second-order valence-corrected chi connectivity index (χ2v) is 11.6. The maximum absolute atomic E-state index is 13.9. The van der Waals surface area contributed by atoms with Crippen molar-refractivity contribution < 1.29 is 39.1 Å². The second-order valence-electron chi connectivity index (χ2n) is 11.6. The van der Waals surface area contributed by atoms with Gasteiger partial charge in [0.25, 0.3) is 0 Å². The molecule has 9 heteroatoms. The Hall–Kier alpha value is -0.650. The summed E-state index contributed by atoms with van der Waals surface area (Å²) in [6.45, 7) is 0.995. The molecule has 7 bridgehead atoms. The molecule has 1 aliphatic heterocycles. The number of aliphatic hydroxyl groups is 3. The van der Waals surface area contributed by atoms with Crippen molar-refractivity contribution >= 4 is 5.78 Å². The van der Waals surface area contributed by atoms with Gasteiger partial charge in [-0.2, -0.15) is 0 Å². The van der Waals surface area contributed by atoms with Gasteiger partial charge in [-0.1, -0.05) is 0 Å². The van der Waals surface area contributed by atoms with Gasteiger partial charge in [0.15, 0.2) is 5.78 Å². The van der Waals surface area contributed by atoms with Crippen LogP contribution in [0.2, 0.25) is 0 Å². The van der Waals surface area contributed by atoms with Gasteiger partial charge >= 0.3 is 0 Å². The summed E-state index contributed by atoms with van der Waals surface area (Å²) < 4.78 is 23.7. The first-order valence-electron chi connectivity index (χ1n) is 12.1. The van der Waals surface area contributed by atoms with E-state index in [4.69, 9.17) is 18.9 Å². The molecule has 1 spiro atoms. The van der Waals surface area contributed by atoms with E-state index in [1.54, 1.807) is 21.3 Å². The van der Waals surface area contributed by atoms with E-state index in [0.717, 1.165) is 0 Å². The Morgan fingerprint density at radius 1 is 1.09 bits per heavy atom. The molecule has 0 radical (unpaired) electrons. The molecular weight excluding hydrogens is 430 g/mol. The molecule has 6 rings (SSSR count). The van der Waals surface area contributed by atoms with Gasteiger partial charge in [-0.25, -0.2) is 0 Å². The molecule has 2 unspecified atom stereocenters. The minimum atomic E-state index is -1.62. The Kier molecular flexibility index (Phi) is 4.82. The van der Waals surface area contributed by atoms with Crippen molar-refractivity contribution in [3.8, 4) is 0 Å². The summed E-state index contributed by atoms with van der Waals surface area (Å²) in [5.74, 6) is -1.51. The van der Waals surface area contributed by atoms with Gasteiger partial charge in [0.05, 0.1) is 31.0 Å². The highest BCUT2D eigenvalue weighted by Crippen LogP contribution is 2.78. The Bertz CT molecular complexity index is 856. The third-order valence-electron chi connectivity index (χ3n) is 11.0. The minimum Gasteiger partial charge on any atom is -0.392 e. The maximum Gasteiger partial charge on any atom is 0.168 e. The molecule has 0 amide bonds. The molecule has 0 aromatic heterocycles. The van der Waals surface area contributed by atoms with E-state index >= 15 is 0 Å². The molecule has 0 aromatic rings. The fraction of sp³-hybridized carbons (Fsp3) is 0.958. The predicted octanol–water partition coefficient (Wildman–Crippen LogP) is -1.08. The van der Waals surface area contributed by atoms with Crippen molar-refractivity contribution in [2.24, 2.45) is 40.4 Å². The quantitative estimate of drug-likeness (QED) is 0.464. The monoisotopic (exact) mass is 467 g/mol. The molecule has 6 fully saturated rings. The molecule has 1 heterocycles. The van der Waals surface area contributed by atoms with Crippen LogP contribution in [0.15, 0.2) is 0 Å². The van der Waals surface area contributed by atoms with Crippen molar-refractivity contribution in [1.29, 1.82) is 0 Å². The van der Waals surface area contributed by atoms with Gasteiger partial charge < -0.3 is 39.2 Å². The fourth-order valence-electron chi connectivity index (χ4n) is 10.7. The van der Waals surface area contributed by atoms with Crippen molar-refractivity contribution in [1.82, 2.24) is 4.90 Å². The van der Waals surface area contributed by atoms with Crippen molar-refractivity contribution in [3.63, 3.8) is 0 Å². The summed E-state index contributed by atoms with van der Waals surface area (Å²) in [6, 6.07) is -0.0322. The van der Waals surface area contributed by atoms with Crippen LogP contribution in [0.25, 0.3) is 0 Å². The van der Waals surface area contributed by atoms with Crippen LogP contribution in [0, 0.1) is 40.4 Å². The summed E-state index contributed by atoms with van der Waals surface area (Å²) in [5, 5.41) is 34.7. The molecule has 6 aliphatic rings. The third-order valence-corrected chi connectivity index (χ3v) is 11.0. The van der Waals surface area contributed by atoms with Crippen LogP contribution < -0.4 is 0 Å². The van der Waals surface area contributed by atoms with Crippen molar-refractivity contribution in [2.75, 3.05) is 48.6 Å². The molecule has 0 aromatic carbocycles. The van der Waals surface area contributed by atoms with E-state index in [-0.39, 0.29) is 48.2 Å². The molecule has 5 aliphatic carbocycles. The number of aliphatic hydroxyl groups excluding tert-OH is 2. The van der Waals surface area contributed by atoms with E-state index in [1.165, 1.54) is 7.11 Å². The molecule has 33 heavy (non-hydrogen) atoms. The zero-order valence-electron chi connectivity index (χ0n) is 20.0. The first-order valence-corrected chi connectivity index (χ1v) is 12.1. The van der Waals surface area contributed by atoms with Gasteiger partial charge in [-0.15, -0.1) is 0 Å². The van der Waals surface area contributed by atoms with E-state index < -0.39 is 46.6 Å². The summed E-state index contributed by atoms with van der Waals surface area (Å²) in [6.07, 6.45) is -2.66. The number of ketones is 1. The lowest BCUT2D eigenvalue weighted by Gasteiger charge is -2.68. The summed E-state index contributed by atoms with van der Waals surface area (Å²) in [4.78, 5) is 16.1. The first kappa shape index (κ1) is 22.8. The minimum absolute atomic E-state index is 0.0322. The van der Waals surface area contributed by atoms with Crippen molar-refractivity contribution in [2.45, 2.75) is 55.0 Å². The molecule has 5 saturated carbocycles. The largest absolute Gasteiger partial charge is 0.392 e. The van der Waals surface area contributed by atoms with E-state index in [9.17, 15) is 20.1 Å². The van der Waals surface area contributed by atoms with Crippen molar-refractivity contribution in [3.05, 3.63) is 0 Å². The van der Waals surface area contributed by atoms with E-state index in [1.807, 2.05) is 0 Å². The number of likely N-dealkylation sites (tertiary alicyclic amines) is 1. The number of hydrogen-bond donors (Lipinski definition) is 3. The van der Waals surface area contributed by atoms with Crippen LogP contribution in [0.5, 0.6) is 0 Å². The van der Waals surface area contributed by atoms with Gasteiger partial charge in [0.1, 0.15) is 11.7 Å². The summed E-state index contributed by atoms with van der Waals surface area (Å²) in [7, 11) is 8.52. The third kappa shape index (κ3) is 2.18. The number of hydrogen-bond acceptors (Lipinski definition) is 9. The Balaban J connectivity index is 1.65. The lowest BCUT2D eigenvalue weighted by Crippen LogP contribution is -2.76. The summed E-state index contributed by atoms with van der Waals surface area (Å²) >= 11 is 0. The van der Waals surface area contributed by atoms with Crippen LogP contribution in [0.3, 0.4) is 0 Å². The van der Waals surface area contributed by atoms with Gasteiger partial charge in [0, 0.05) is 81.9 Å². The average molecular weight is 468 g/mol. The van der Waals surface area contributed by atoms with Crippen LogP contribution in [-0.4, -0.2) is 117 Å². The van der Waals surface area contributed by atoms with Crippen LogP contribution >= 0.6 is 0 Å². The highest BCUT2D eigenvalue weighted by atomic mass is 16.5. The van der Waals surface area contributed by atoms with E-state index in [0.29, 0.717) is 19.6 Å². The Labute approximate surface area is 194 Å². The summed E-state index contributed by atoms with van der Waals surface area (Å²) in [5.41, 5.74) is -2.72. The normalized spacial score (nSPS) is 61.0. The number of carbonyl (C=O) groups excluding carboxylic acids is 1. The SMILES string of the molecule is COC[C@@]12CN(C)C3[C@H]4C5C(=O)[C@H](OC)[C@@]6(O)C[C@H]([C@@H]5[C@H]6O)[C@]3([C@@H](OC)C[C@H]1O)[C@@H]2[C@H]4OC. The van der Waals surface area contributed by atoms with Crippen LogP contribution in [0.1, 0.15) is 12.8 Å². The zero-order chi connectivity index (χ0) is 23.7. The zero-order valence-corrected chi connectivity index (χ0v) is 20.0. The molecular formula is C24H37NO8.